The predicted octanol–water partition coefficient (Wildman–Crippen LogP) is 7.41. The number of amides is 1. The van der Waals surface area contributed by atoms with Crippen molar-refractivity contribution in [1.29, 1.82) is 0 Å². The highest BCUT2D eigenvalue weighted by molar-refractivity contribution is 5.94. The van der Waals surface area contributed by atoms with Gasteiger partial charge in [0.2, 0.25) is 17.8 Å². The number of fused-ring (bicyclic) bond motifs is 1. The van der Waals surface area contributed by atoms with Crippen molar-refractivity contribution in [2.45, 2.75) is 58.3 Å². The third kappa shape index (κ3) is 7.93. The molecule has 0 aliphatic heterocycles. The Bertz CT molecular complexity index is 2110. The van der Waals surface area contributed by atoms with Crippen LogP contribution in [0.4, 0.5) is 5.95 Å². The fourth-order valence-electron chi connectivity index (χ4n) is 6.79. The van der Waals surface area contributed by atoms with Gasteiger partial charge in [-0.3, -0.25) is 19.0 Å². The van der Waals surface area contributed by atoms with Crippen LogP contribution in [0.25, 0.3) is 10.9 Å². The molecule has 10 heteroatoms. The minimum Gasteiger partial charge on any atom is -0.462 e. The van der Waals surface area contributed by atoms with Gasteiger partial charge in [-0.25, -0.2) is 14.8 Å². The molecular formula is C43H45N5O5. The van der Waals surface area contributed by atoms with Crippen LogP contribution in [-0.4, -0.2) is 50.3 Å². The van der Waals surface area contributed by atoms with Crippen LogP contribution in [0.5, 0.6) is 0 Å². The maximum absolute atomic E-state index is 13.6. The number of nitrogens with zero attached hydrogens (tertiary/aromatic N) is 4. The Balaban J connectivity index is 1.37. The van der Waals surface area contributed by atoms with Crippen molar-refractivity contribution in [3.63, 3.8) is 0 Å². The number of esters is 1. The lowest BCUT2D eigenvalue weighted by atomic mass is 9.76. The van der Waals surface area contributed by atoms with E-state index in [9.17, 15) is 14.4 Å². The van der Waals surface area contributed by atoms with Gasteiger partial charge in [-0.05, 0) is 68.5 Å². The van der Waals surface area contributed by atoms with E-state index in [2.05, 4.69) is 82.7 Å². The van der Waals surface area contributed by atoms with Crippen LogP contribution >= 0.6 is 0 Å². The van der Waals surface area contributed by atoms with Crippen LogP contribution in [0.15, 0.2) is 133 Å². The molecule has 0 saturated carbocycles. The Morgan fingerprint density at radius 1 is 0.887 bits per heavy atom. The fraction of sp³-hybridized carbons (Fsp3) is 0.256. The van der Waals surface area contributed by atoms with E-state index in [1.807, 2.05) is 61.9 Å². The Morgan fingerprint density at radius 2 is 1.49 bits per heavy atom. The molecule has 0 atom stereocenters. The van der Waals surface area contributed by atoms with Crippen molar-refractivity contribution in [3.05, 3.63) is 166 Å². The zero-order chi connectivity index (χ0) is 37.4. The number of pyridine rings is 1. The van der Waals surface area contributed by atoms with Crippen molar-refractivity contribution >= 4 is 29.2 Å². The van der Waals surface area contributed by atoms with Crippen LogP contribution < -0.4 is 10.7 Å². The van der Waals surface area contributed by atoms with Crippen molar-refractivity contribution in [2.24, 2.45) is 0 Å². The van der Waals surface area contributed by atoms with Crippen LogP contribution in [0.3, 0.4) is 0 Å². The summed E-state index contributed by atoms with van der Waals surface area (Å²) in [7, 11) is 0. The first-order valence-corrected chi connectivity index (χ1v) is 17.8. The lowest BCUT2D eigenvalue weighted by Gasteiger charge is -2.38. The highest BCUT2D eigenvalue weighted by Gasteiger charge is 2.39. The molecule has 272 valence electrons. The van der Waals surface area contributed by atoms with Crippen LogP contribution in [0.2, 0.25) is 0 Å². The second kappa shape index (κ2) is 16.1. The summed E-state index contributed by atoms with van der Waals surface area (Å²) in [6.45, 7) is 8.60. The third-order valence-corrected chi connectivity index (χ3v) is 8.95. The van der Waals surface area contributed by atoms with Gasteiger partial charge < -0.3 is 14.6 Å². The van der Waals surface area contributed by atoms with E-state index >= 15 is 0 Å². The minimum absolute atomic E-state index is 0.0375. The Kier molecular flexibility index (Phi) is 11.2. The number of hydroxylamine groups is 2. The molecule has 1 N–H and O–H groups in total. The maximum Gasteiger partial charge on any atom is 0.343 e. The summed E-state index contributed by atoms with van der Waals surface area (Å²) in [5, 5.41) is 5.26. The van der Waals surface area contributed by atoms with Crippen LogP contribution in [0, 0.1) is 0 Å². The molecular weight excluding hydrogens is 667 g/mol. The first-order chi connectivity index (χ1) is 25.7. The maximum atomic E-state index is 13.6. The average Bonchev–Trinajstić information content (AvgIpc) is 3.64. The van der Waals surface area contributed by atoms with Gasteiger partial charge in [-0.2, -0.15) is 0 Å². The number of rotatable bonds is 15. The molecule has 0 radical (unpaired) electrons. The van der Waals surface area contributed by atoms with E-state index in [1.165, 1.54) is 5.06 Å². The summed E-state index contributed by atoms with van der Waals surface area (Å²) in [6, 6.07) is 36.8. The molecule has 0 aliphatic carbocycles. The van der Waals surface area contributed by atoms with Gasteiger partial charge in [-0.15, -0.1) is 0 Å². The number of nitrogens with one attached hydrogen (secondary N) is 1. The van der Waals surface area contributed by atoms with Gasteiger partial charge in [0.15, 0.2) is 0 Å². The number of imidazole rings is 1. The average molecular weight is 712 g/mol. The molecule has 0 bridgehead atoms. The molecule has 0 unspecified atom stereocenters. The van der Waals surface area contributed by atoms with E-state index < -0.39 is 22.5 Å². The number of carbonyl (C=O) groups excluding carboxylic acids is 2. The molecule has 0 aliphatic rings. The third-order valence-electron chi connectivity index (χ3n) is 8.95. The standard InChI is InChI=1S/C43H45N5O5/c1-5-52-40(51)37-30-46(25-15-26-47(31-49)53-42(2,3)4)38-28-32(22-23-36(38)39(37)50)29-45-41-44-24-27-48(41)43(33-16-9-6-10-17-33,34-18-11-7-12-19-34)35-20-13-8-14-21-35/h6-14,16-24,27-28,30-31H,5,15,25-26,29H2,1-4H3,(H,44,45). The molecule has 0 saturated heterocycles. The Labute approximate surface area is 309 Å². The largest absolute Gasteiger partial charge is 0.462 e. The molecule has 2 aromatic heterocycles. The first-order valence-electron chi connectivity index (χ1n) is 17.8. The summed E-state index contributed by atoms with van der Waals surface area (Å²) in [5.41, 5.74) is 3.07. The van der Waals surface area contributed by atoms with Crippen LogP contribution in [0.1, 0.15) is 66.7 Å². The summed E-state index contributed by atoms with van der Waals surface area (Å²) >= 11 is 0. The molecule has 53 heavy (non-hydrogen) atoms. The monoisotopic (exact) mass is 711 g/mol. The van der Waals surface area contributed by atoms with Crippen molar-refractivity contribution in [2.75, 3.05) is 18.5 Å². The Morgan fingerprint density at radius 3 is 2.04 bits per heavy atom. The predicted molar refractivity (Wildman–Crippen MR) is 207 cm³/mol. The summed E-state index contributed by atoms with van der Waals surface area (Å²) in [5.74, 6) is -0.0143. The molecule has 4 aromatic carbocycles. The number of carbonyl (C=O) groups is 2. The van der Waals surface area contributed by atoms with E-state index in [0.29, 0.717) is 49.3 Å². The minimum atomic E-state index is -0.748. The zero-order valence-electron chi connectivity index (χ0n) is 30.6. The molecule has 2 heterocycles. The van der Waals surface area contributed by atoms with E-state index in [0.717, 1.165) is 22.3 Å². The number of hydrogen-bond acceptors (Lipinski definition) is 7. The number of aryl methyl sites for hydroxylation is 1. The summed E-state index contributed by atoms with van der Waals surface area (Å²) in [4.78, 5) is 48.7. The van der Waals surface area contributed by atoms with Crippen molar-refractivity contribution in [1.82, 2.24) is 19.2 Å². The van der Waals surface area contributed by atoms with Crippen LogP contribution in [-0.2, 0) is 33.0 Å². The molecule has 6 rings (SSSR count). The van der Waals surface area contributed by atoms with E-state index in [-0.39, 0.29) is 12.2 Å². The quantitative estimate of drug-likeness (QED) is 0.0512. The number of benzene rings is 4. The van der Waals surface area contributed by atoms with E-state index in [1.54, 1.807) is 25.4 Å². The lowest BCUT2D eigenvalue weighted by molar-refractivity contribution is -0.216. The zero-order valence-corrected chi connectivity index (χ0v) is 30.6. The number of anilines is 1. The fourth-order valence-corrected chi connectivity index (χ4v) is 6.79. The normalized spacial score (nSPS) is 11.7. The second-order valence-corrected chi connectivity index (χ2v) is 13.7. The van der Waals surface area contributed by atoms with Crippen molar-refractivity contribution in [3.8, 4) is 0 Å². The number of aromatic nitrogens is 3. The topological polar surface area (TPSA) is 108 Å². The summed E-state index contributed by atoms with van der Waals surface area (Å²) in [6.07, 6.45) is 6.52. The first kappa shape index (κ1) is 36.8. The smallest absolute Gasteiger partial charge is 0.343 e. The van der Waals surface area contributed by atoms with Crippen molar-refractivity contribution < 1.29 is 19.2 Å². The molecule has 10 nitrogen and oxygen atoms in total. The SMILES string of the molecule is CCOC(=O)c1cn(CCCN(C=O)OC(C)(C)C)c2cc(CNc3nccn3C(c3ccccc3)(c3ccccc3)c3ccccc3)ccc2c1=O. The van der Waals surface area contributed by atoms with Gasteiger partial charge in [0.1, 0.15) is 11.1 Å². The van der Waals surface area contributed by atoms with Gasteiger partial charge in [0.05, 0.1) is 24.3 Å². The lowest BCUT2D eigenvalue weighted by Crippen LogP contribution is -2.38. The van der Waals surface area contributed by atoms with Gasteiger partial charge >= 0.3 is 5.97 Å². The Hall–Kier alpha value is -6.00. The summed E-state index contributed by atoms with van der Waals surface area (Å²) < 4.78 is 9.27. The van der Waals surface area contributed by atoms with Gasteiger partial charge in [0.25, 0.3) is 0 Å². The molecule has 1 amide bonds. The van der Waals surface area contributed by atoms with E-state index in [4.69, 9.17) is 14.6 Å². The molecule has 0 fully saturated rings. The van der Waals surface area contributed by atoms with Gasteiger partial charge in [-0.1, -0.05) is 97.1 Å². The second-order valence-electron chi connectivity index (χ2n) is 13.7. The van der Waals surface area contributed by atoms with Gasteiger partial charge in [0, 0.05) is 37.1 Å². The molecule has 0 spiro atoms. The number of hydrogen-bond donors (Lipinski definition) is 1. The molecule has 6 aromatic rings. The highest BCUT2D eigenvalue weighted by Crippen LogP contribution is 2.42. The number of ether oxygens (including phenoxy) is 1. The highest BCUT2D eigenvalue weighted by atomic mass is 16.7.